The average Bonchev–Trinajstić information content (AvgIpc) is 2.35. The van der Waals surface area contributed by atoms with E-state index >= 15 is 0 Å². The Balaban J connectivity index is 1.78. The molecule has 0 spiro atoms. The summed E-state index contributed by atoms with van der Waals surface area (Å²) in [5.41, 5.74) is 1.69. The van der Waals surface area contributed by atoms with Crippen LogP contribution in [0.3, 0.4) is 0 Å². The van der Waals surface area contributed by atoms with Gasteiger partial charge in [-0.2, -0.15) is 0 Å². The predicted octanol–water partition coefficient (Wildman–Crippen LogP) is 3.63. The van der Waals surface area contributed by atoms with Crippen LogP contribution in [0.1, 0.15) is 5.56 Å². The predicted molar refractivity (Wildman–Crippen MR) is 71.6 cm³/mol. The molecule has 0 fully saturated rings. The van der Waals surface area contributed by atoms with Gasteiger partial charge >= 0.3 is 0 Å². The molecule has 0 heterocycles. The van der Waals surface area contributed by atoms with Crippen LogP contribution >= 0.6 is 0 Å². The van der Waals surface area contributed by atoms with Gasteiger partial charge in [-0.1, -0.05) is 18.2 Å². The number of para-hydroxylation sites is 1. The highest BCUT2D eigenvalue weighted by molar-refractivity contribution is 5.45. The third-order valence-electron chi connectivity index (χ3n) is 2.49. The Morgan fingerprint density at radius 3 is 2.61 bits per heavy atom. The van der Waals surface area contributed by atoms with Crippen molar-refractivity contribution in [1.82, 2.24) is 0 Å². The summed E-state index contributed by atoms with van der Waals surface area (Å²) in [5.74, 6) is 0.621. The summed E-state index contributed by atoms with van der Waals surface area (Å²) < 4.78 is 18.7. The highest BCUT2D eigenvalue weighted by Crippen LogP contribution is 2.13. The first-order valence-corrected chi connectivity index (χ1v) is 5.93. The van der Waals surface area contributed by atoms with Crippen molar-refractivity contribution in [2.24, 2.45) is 0 Å². The first kappa shape index (κ1) is 12.4. The summed E-state index contributed by atoms with van der Waals surface area (Å²) >= 11 is 0. The zero-order chi connectivity index (χ0) is 12.8. The van der Waals surface area contributed by atoms with Crippen LogP contribution in [0.2, 0.25) is 0 Å². The molecule has 0 atom stereocenters. The largest absolute Gasteiger partial charge is 0.492 e. The van der Waals surface area contributed by atoms with Gasteiger partial charge in [0.2, 0.25) is 0 Å². The zero-order valence-corrected chi connectivity index (χ0v) is 10.3. The second-order valence-electron chi connectivity index (χ2n) is 4.11. The highest BCUT2D eigenvalue weighted by Gasteiger charge is 1.97. The second-order valence-corrected chi connectivity index (χ2v) is 4.11. The van der Waals surface area contributed by atoms with Crippen LogP contribution in [-0.2, 0) is 0 Å². The van der Waals surface area contributed by atoms with Crippen LogP contribution in [0.15, 0.2) is 48.5 Å². The monoisotopic (exact) mass is 245 g/mol. The lowest BCUT2D eigenvalue weighted by atomic mass is 10.2. The van der Waals surface area contributed by atoms with E-state index in [0.29, 0.717) is 13.2 Å². The molecule has 2 aromatic carbocycles. The fourth-order valence-corrected chi connectivity index (χ4v) is 1.72. The van der Waals surface area contributed by atoms with Gasteiger partial charge in [-0.25, -0.2) is 4.39 Å². The molecule has 0 aliphatic rings. The van der Waals surface area contributed by atoms with Crippen molar-refractivity contribution in [3.05, 3.63) is 59.9 Å². The lowest BCUT2D eigenvalue weighted by Crippen LogP contribution is -2.11. The fraction of sp³-hybridized carbons (Fsp3) is 0.200. The Kier molecular flexibility index (Phi) is 4.18. The van der Waals surface area contributed by atoms with E-state index in [1.165, 1.54) is 12.1 Å². The minimum absolute atomic E-state index is 0.221. The lowest BCUT2D eigenvalue weighted by Gasteiger charge is -2.09. The van der Waals surface area contributed by atoms with Gasteiger partial charge in [0.05, 0.1) is 0 Å². The van der Waals surface area contributed by atoms with Crippen molar-refractivity contribution in [1.29, 1.82) is 0 Å². The van der Waals surface area contributed by atoms with Gasteiger partial charge in [-0.05, 0) is 42.8 Å². The van der Waals surface area contributed by atoms with Crippen molar-refractivity contribution < 1.29 is 9.13 Å². The molecule has 0 aromatic heterocycles. The van der Waals surface area contributed by atoms with Crippen molar-refractivity contribution in [2.75, 3.05) is 18.5 Å². The summed E-state index contributed by atoms with van der Waals surface area (Å²) in [5, 5.41) is 3.13. The summed E-state index contributed by atoms with van der Waals surface area (Å²) in [4.78, 5) is 0. The smallest absolute Gasteiger partial charge is 0.125 e. The maximum absolute atomic E-state index is 13.1. The van der Waals surface area contributed by atoms with E-state index in [0.717, 1.165) is 17.0 Å². The van der Waals surface area contributed by atoms with E-state index in [-0.39, 0.29) is 5.82 Å². The number of aryl methyl sites for hydroxylation is 1. The standard InChI is InChI=1S/C15H16FNO/c1-12-9-13(16)11-14(10-12)17-7-8-18-15-5-3-2-4-6-15/h2-6,9-11,17H,7-8H2,1H3. The molecule has 94 valence electrons. The quantitative estimate of drug-likeness (QED) is 0.812. The third kappa shape index (κ3) is 3.77. The summed E-state index contributed by atoms with van der Waals surface area (Å²) in [6, 6.07) is 14.5. The molecule has 0 saturated heterocycles. The molecule has 2 rings (SSSR count). The zero-order valence-electron chi connectivity index (χ0n) is 10.3. The minimum Gasteiger partial charge on any atom is -0.492 e. The molecule has 0 amide bonds. The van der Waals surface area contributed by atoms with Gasteiger partial charge in [0.25, 0.3) is 0 Å². The van der Waals surface area contributed by atoms with E-state index in [2.05, 4.69) is 5.32 Å². The topological polar surface area (TPSA) is 21.3 Å². The van der Waals surface area contributed by atoms with Crippen molar-refractivity contribution >= 4 is 5.69 Å². The van der Waals surface area contributed by atoms with Gasteiger partial charge in [0.15, 0.2) is 0 Å². The van der Waals surface area contributed by atoms with Crippen LogP contribution in [0.25, 0.3) is 0 Å². The maximum Gasteiger partial charge on any atom is 0.125 e. The van der Waals surface area contributed by atoms with Gasteiger partial charge in [-0.15, -0.1) is 0 Å². The number of anilines is 1. The minimum atomic E-state index is -0.221. The first-order valence-electron chi connectivity index (χ1n) is 5.93. The second kappa shape index (κ2) is 6.05. The molecule has 18 heavy (non-hydrogen) atoms. The Morgan fingerprint density at radius 2 is 1.89 bits per heavy atom. The SMILES string of the molecule is Cc1cc(F)cc(NCCOc2ccccc2)c1. The van der Waals surface area contributed by atoms with E-state index in [4.69, 9.17) is 4.74 Å². The lowest BCUT2D eigenvalue weighted by molar-refractivity contribution is 0.333. The van der Waals surface area contributed by atoms with Crippen LogP contribution < -0.4 is 10.1 Å². The number of ether oxygens (including phenoxy) is 1. The van der Waals surface area contributed by atoms with Gasteiger partial charge in [0, 0.05) is 12.2 Å². The van der Waals surface area contributed by atoms with Gasteiger partial charge < -0.3 is 10.1 Å². The highest BCUT2D eigenvalue weighted by atomic mass is 19.1. The molecule has 3 heteroatoms. The van der Waals surface area contributed by atoms with Gasteiger partial charge in [-0.3, -0.25) is 0 Å². The molecule has 2 nitrogen and oxygen atoms in total. The normalized spacial score (nSPS) is 10.1. The Morgan fingerprint density at radius 1 is 1.11 bits per heavy atom. The Hall–Kier alpha value is -2.03. The summed E-state index contributed by atoms with van der Waals surface area (Å²) in [7, 11) is 0. The number of nitrogens with one attached hydrogen (secondary N) is 1. The van der Waals surface area contributed by atoms with Crippen LogP contribution in [0, 0.1) is 12.7 Å². The number of hydrogen-bond acceptors (Lipinski definition) is 2. The van der Waals surface area contributed by atoms with E-state index in [1.54, 1.807) is 0 Å². The van der Waals surface area contributed by atoms with Crippen LogP contribution in [0.5, 0.6) is 5.75 Å². The van der Waals surface area contributed by atoms with Gasteiger partial charge in [0.1, 0.15) is 18.2 Å². The molecule has 0 saturated carbocycles. The molecule has 0 aliphatic carbocycles. The van der Waals surface area contributed by atoms with E-state index in [9.17, 15) is 4.39 Å². The van der Waals surface area contributed by atoms with Crippen LogP contribution in [0.4, 0.5) is 10.1 Å². The molecular formula is C15H16FNO. The maximum atomic E-state index is 13.1. The van der Waals surface area contributed by atoms with Crippen molar-refractivity contribution in [2.45, 2.75) is 6.92 Å². The molecular weight excluding hydrogens is 229 g/mol. The Bertz CT molecular complexity index is 479. The summed E-state index contributed by atoms with van der Waals surface area (Å²) in [6.45, 7) is 3.05. The number of hydrogen-bond donors (Lipinski definition) is 1. The number of benzene rings is 2. The Labute approximate surface area is 106 Å². The molecule has 0 aliphatic heterocycles. The average molecular weight is 245 g/mol. The third-order valence-corrected chi connectivity index (χ3v) is 2.49. The van der Waals surface area contributed by atoms with Crippen molar-refractivity contribution in [3.63, 3.8) is 0 Å². The summed E-state index contributed by atoms with van der Waals surface area (Å²) in [6.07, 6.45) is 0. The first-order chi connectivity index (χ1) is 8.74. The van der Waals surface area contributed by atoms with E-state index < -0.39 is 0 Å². The molecule has 0 unspecified atom stereocenters. The molecule has 0 bridgehead atoms. The van der Waals surface area contributed by atoms with Crippen molar-refractivity contribution in [3.8, 4) is 5.75 Å². The van der Waals surface area contributed by atoms with E-state index in [1.807, 2.05) is 43.3 Å². The molecule has 1 N–H and O–H groups in total. The molecule has 0 radical (unpaired) electrons. The fourth-order valence-electron chi connectivity index (χ4n) is 1.72. The number of rotatable bonds is 5. The molecule has 2 aromatic rings. The number of halogens is 1. The van der Waals surface area contributed by atoms with Crippen LogP contribution in [-0.4, -0.2) is 13.2 Å².